The van der Waals surface area contributed by atoms with E-state index in [0.717, 1.165) is 5.69 Å². The van der Waals surface area contributed by atoms with Crippen LogP contribution >= 0.6 is 11.8 Å². The molecule has 0 bridgehead atoms. The van der Waals surface area contributed by atoms with Crippen molar-refractivity contribution in [2.24, 2.45) is 0 Å². The van der Waals surface area contributed by atoms with Crippen LogP contribution in [-0.2, 0) is 4.79 Å². The van der Waals surface area contributed by atoms with Crippen molar-refractivity contribution in [2.45, 2.75) is 19.0 Å². The van der Waals surface area contributed by atoms with Crippen molar-refractivity contribution in [3.8, 4) is 17.1 Å². The minimum absolute atomic E-state index is 0.0129. The Balaban J connectivity index is 1.96. The molecule has 0 atom stereocenters. The highest BCUT2D eigenvalue weighted by Gasteiger charge is 2.19. The van der Waals surface area contributed by atoms with Crippen LogP contribution in [0.5, 0.6) is 0 Å². The van der Waals surface area contributed by atoms with E-state index in [1.165, 1.54) is 23.9 Å². The van der Waals surface area contributed by atoms with Crippen LogP contribution in [0.4, 0.5) is 5.69 Å². The summed E-state index contributed by atoms with van der Waals surface area (Å²) in [5.41, 5.74) is 1.57. The second-order valence-corrected chi connectivity index (χ2v) is 7.08. The van der Waals surface area contributed by atoms with Gasteiger partial charge in [0.05, 0.1) is 10.7 Å². The Hall–Kier alpha value is -3.20. The molecule has 1 amide bonds. The molecule has 0 aliphatic carbocycles. The number of amides is 1. The highest BCUT2D eigenvalue weighted by molar-refractivity contribution is 7.99. The van der Waals surface area contributed by atoms with E-state index in [1.54, 1.807) is 17.0 Å². The van der Waals surface area contributed by atoms with E-state index in [1.807, 2.05) is 48.7 Å². The first-order chi connectivity index (χ1) is 14.0. The molecule has 9 heteroatoms. The number of nitrogens with zero attached hydrogens (tertiary/aromatic N) is 5. The van der Waals surface area contributed by atoms with Crippen molar-refractivity contribution in [1.29, 1.82) is 0 Å². The van der Waals surface area contributed by atoms with Crippen LogP contribution in [0.25, 0.3) is 17.1 Å². The van der Waals surface area contributed by atoms with Gasteiger partial charge >= 0.3 is 0 Å². The van der Waals surface area contributed by atoms with Gasteiger partial charge in [-0.3, -0.25) is 19.5 Å². The summed E-state index contributed by atoms with van der Waals surface area (Å²) < 4.78 is 1.86. The van der Waals surface area contributed by atoms with E-state index < -0.39 is 4.92 Å². The number of nitro groups is 1. The smallest absolute Gasteiger partial charge is 0.269 e. The molecule has 0 saturated carbocycles. The number of carbonyl (C=O) groups excluding carboxylic acids is 1. The first-order valence-corrected chi connectivity index (χ1v) is 10.2. The first kappa shape index (κ1) is 20.5. The monoisotopic (exact) mass is 411 g/mol. The SMILES string of the molecule is CCN(CC)C(=O)CSc1nnc(-c2ccc([N+](=O)[O-])cc2)n1-c1ccccc1. The van der Waals surface area contributed by atoms with Gasteiger partial charge < -0.3 is 4.90 Å². The van der Waals surface area contributed by atoms with Gasteiger partial charge in [0.15, 0.2) is 11.0 Å². The Labute approximate surface area is 172 Å². The third-order valence-electron chi connectivity index (χ3n) is 4.42. The second kappa shape index (κ2) is 9.33. The summed E-state index contributed by atoms with van der Waals surface area (Å²) >= 11 is 1.32. The highest BCUT2D eigenvalue weighted by Crippen LogP contribution is 2.29. The summed E-state index contributed by atoms with van der Waals surface area (Å²) in [6.07, 6.45) is 0. The fourth-order valence-electron chi connectivity index (χ4n) is 2.89. The predicted octanol–water partition coefficient (Wildman–Crippen LogP) is 3.80. The van der Waals surface area contributed by atoms with E-state index in [-0.39, 0.29) is 17.3 Å². The van der Waals surface area contributed by atoms with Gasteiger partial charge in [-0.1, -0.05) is 30.0 Å². The molecule has 1 heterocycles. The highest BCUT2D eigenvalue weighted by atomic mass is 32.2. The molecule has 0 aliphatic heterocycles. The number of thioether (sulfide) groups is 1. The van der Waals surface area contributed by atoms with Crippen LogP contribution in [-0.4, -0.2) is 49.3 Å². The Kier molecular flexibility index (Phi) is 6.61. The molecule has 0 spiro atoms. The standard InChI is InChI=1S/C20H21N5O3S/c1-3-23(4-2)18(26)14-29-20-22-21-19(24(20)16-8-6-5-7-9-16)15-10-12-17(13-11-15)25(27)28/h5-13H,3-4,14H2,1-2H3. The molecule has 0 unspecified atom stereocenters. The topological polar surface area (TPSA) is 94.2 Å². The molecule has 0 radical (unpaired) electrons. The fourth-order valence-corrected chi connectivity index (χ4v) is 3.74. The van der Waals surface area contributed by atoms with E-state index in [0.29, 0.717) is 29.6 Å². The maximum Gasteiger partial charge on any atom is 0.269 e. The number of carbonyl (C=O) groups is 1. The molecule has 29 heavy (non-hydrogen) atoms. The summed E-state index contributed by atoms with van der Waals surface area (Å²) in [6, 6.07) is 15.8. The van der Waals surface area contributed by atoms with E-state index in [4.69, 9.17) is 0 Å². The average molecular weight is 411 g/mol. The maximum atomic E-state index is 12.4. The molecular formula is C20H21N5O3S. The third kappa shape index (κ3) is 4.62. The van der Waals surface area contributed by atoms with Crippen LogP contribution in [0.2, 0.25) is 0 Å². The van der Waals surface area contributed by atoms with Gasteiger partial charge in [-0.05, 0) is 38.1 Å². The number of non-ortho nitro benzene ring substituents is 1. The van der Waals surface area contributed by atoms with Crippen LogP contribution < -0.4 is 0 Å². The summed E-state index contributed by atoms with van der Waals surface area (Å²) in [4.78, 5) is 24.6. The third-order valence-corrected chi connectivity index (χ3v) is 5.34. The first-order valence-electron chi connectivity index (χ1n) is 9.21. The van der Waals surface area contributed by atoms with Gasteiger partial charge in [0.25, 0.3) is 5.69 Å². The van der Waals surface area contributed by atoms with Gasteiger partial charge in [-0.25, -0.2) is 0 Å². The Morgan fingerprint density at radius 2 is 1.72 bits per heavy atom. The van der Waals surface area contributed by atoms with Crippen molar-refractivity contribution < 1.29 is 9.72 Å². The summed E-state index contributed by atoms with van der Waals surface area (Å²) in [5, 5.41) is 20.1. The number of hydrogen-bond donors (Lipinski definition) is 0. The lowest BCUT2D eigenvalue weighted by molar-refractivity contribution is -0.384. The van der Waals surface area contributed by atoms with Crippen molar-refractivity contribution in [3.63, 3.8) is 0 Å². The number of rotatable bonds is 8. The fraction of sp³-hybridized carbons (Fsp3) is 0.250. The Morgan fingerprint density at radius 1 is 1.07 bits per heavy atom. The normalized spacial score (nSPS) is 10.7. The predicted molar refractivity (Wildman–Crippen MR) is 112 cm³/mol. The lowest BCUT2D eigenvalue weighted by atomic mass is 10.2. The largest absolute Gasteiger partial charge is 0.343 e. The summed E-state index contributed by atoms with van der Waals surface area (Å²) in [7, 11) is 0. The summed E-state index contributed by atoms with van der Waals surface area (Å²) in [6.45, 7) is 5.22. The quantitative estimate of drug-likeness (QED) is 0.318. The van der Waals surface area contributed by atoms with Crippen LogP contribution in [0, 0.1) is 10.1 Å². The van der Waals surface area contributed by atoms with E-state index in [2.05, 4.69) is 10.2 Å². The molecule has 3 aromatic rings. The molecule has 8 nitrogen and oxygen atoms in total. The minimum Gasteiger partial charge on any atom is -0.343 e. The van der Waals surface area contributed by atoms with Crippen molar-refractivity contribution in [1.82, 2.24) is 19.7 Å². The van der Waals surface area contributed by atoms with Crippen LogP contribution in [0.3, 0.4) is 0 Å². The molecule has 0 fully saturated rings. The van der Waals surface area contributed by atoms with Crippen molar-refractivity contribution in [2.75, 3.05) is 18.8 Å². The number of hydrogen-bond acceptors (Lipinski definition) is 6. The number of benzene rings is 2. The van der Waals surface area contributed by atoms with Crippen LogP contribution in [0.15, 0.2) is 59.8 Å². The zero-order valence-electron chi connectivity index (χ0n) is 16.2. The zero-order chi connectivity index (χ0) is 20.8. The Morgan fingerprint density at radius 3 is 2.31 bits per heavy atom. The van der Waals surface area contributed by atoms with Gasteiger partial charge in [0.1, 0.15) is 0 Å². The molecule has 2 aromatic carbocycles. The van der Waals surface area contributed by atoms with Gasteiger partial charge in [-0.2, -0.15) is 0 Å². The summed E-state index contributed by atoms with van der Waals surface area (Å²) in [5.74, 6) is 0.857. The van der Waals surface area contributed by atoms with E-state index in [9.17, 15) is 14.9 Å². The second-order valence-electron chi connectivity index (χ2n) is 6.14. The van der Waals surface area contributed by atoms with Crippen molar-refractivity contribution >= 4 is 23.4 Å². The molecule has 3 rings (SSSR count). The average Bonchev–Trinajstić information content (AvgIpc) is 3.17. The molecule has 0 N–H and O–H groups in total. The molecule has 1 aromatic heterocycles. The van der Waals surface area contributed by atoms with E-state index >= 15 is 0 Å². The lowest BCUT2D eigenvalue weighted by Crippen LogP contribution is -2.31. The molecular weight excluding hydrogens is 390 g/mol. The number of para-hydroxylation sites is 1. The number of nitro benzene ring substituents is 1. The van der Waals surface area contributed by atoms with Crippen LogP contribution in [0.1, 0.15) is 13.8 Å². The maximum absolute atomic E-state index is 12.4. The number of aromatic nitrogens is 3. The van der Waals surface area contributed by atoms with Gasteiger partial charge in [-0.15, -0.1) is 10.2 Å². The molecule has 0 aliphatic rings. The minimum atomic E-state index is -0.439. The zero-order valence-corrected chi connectivity index (χ0v) is 17.0. The molecule has 0 saturated heterocycles. The van der Waals surface area contributed by atoms with Crippen molar-refractivity contribution in [3.05, 3.63) is 64.7 Å². The van der Waals surface area contributed by atoms with Gasteiger partial charge in [0, 0.05) is 36.5 Å². The van der Waals surface area contributed by atoms with Gasteiger partial charge in [0.2, 0.25) is 5.91 Å². The Bertz CT molecular complexity index is 985. The molecule has 150 valence electrons. The lowest BCUT2D eigenvalue weighted by Gasteiger charge is -2.18.